The molecule has 0 bridgehead atoms. The maximum absolute atomic E-state index is 5.24. The number of nitrogens with two attached hydrogens (primary N) is 4. The lowest BCUT2D eigenvalue weighted by Crippen LogP contribution is -2.22. The number of aromatic nitrogens is 3. The maximum atomic E-state index is 5.24. The van der Waals surface area contributed by atoms with Crippen LogP contribution in [0.5, 0.6) is 0 Å². The van der Waals surface area contributed by atoms with E-state index < -0.39 is 0 Å². The molecular weight excluding hydrogens is 231 g/mol. The van der Waals surface area contributed by atoms with Gasteiger partial charge in [-0.2, -0.15) is 19.9 Å². The van der Waals surface area contributed by atoms with Gasteiger partial charge in [-0.15, -0.1) is 24.8 Å². The van der Waals surface area contributed by atoms with Gasteiger partial charge in [0.15, 0.2) is 5.96 Å². The predicted octanol–water partition coefficient (Wildman–Crippen LogP) is -1.22. The molecule has 0 aliphatic carbocycles. The zero-order chi connectivity index (χ0) is 9.14. The van der Waals surface area contributed by atoms with Crippen molar-refractivity contribution in [3.05, 3.63) is 0 Å². The molecule has 0 aliphatic rings. The molecule has 80 valence electrons. The first kappa shape index (κ1) is 15.0. The number of nitrogen functional groups attached to an aromatic ring is 2. The van der Waals surface area contributed by atoms with Crippen LogP contribution in [-0.2, 0) is 0 Å². The first-order valence-corrected chi connectivity index (χ1v) is 2.94. The molecule has 0 fully saturated rings. The smallest absolute Gasteiger partial charge is 0.259 e. The summed E-state index contributed by atoms with van der Waals surface area (Å²) in [5.41, 5.74) is 20.6. The lowest BCUT2D eigenvalue weighted by atomic mass is 10.8. The van der Waals surface area contributed by atoms with Gasteiger partial charge in [-0.05, 0) is 0 Å². The van der Waals surface area contributed by atoms with Gasteiger partial charge in [0.2, 0.25) is 11.9 Å². The minimum atomic E-state index is -0.167. The summed E-state index contributed by atoms with van der Waals surface area (Å²) in [5, 5.41) is 0. The van der Waals surface area contributed by atoms with Crippen LogP contribution in [0.1, 0.15) is 0 Å². The Kier molecular flexibility index (Phi) is 6.41. The van der Waals surface area contributed by atoms with Gasteiger partial charge in [0, 0.05) is 0 Å². The van der Waals surface area contributed by atoms with Crippen LogP contribution in [0.25, 0.3) is 0 Å². The summed E-state index contributed by atoms with van der Waals surface area (Å²) in [6.45, 7) is 0. The highest BCUT2D eigenvalue weighted by Gasteiger charge is 1.98. The molecule has 10 heteroatoms. The normalized spacial score (nSPS) is 8.00. The number of anilines is 2. The summed E-state index contributed by atoms with van der Waals surface area (Å²) in [4.78, 5) is 14.3. The highest BCUT2D eigenvalue weighted by Crippen LogP contribution is 2.05. The van der Waals surface area contributed by atoms with Gasteiger partial charge in [0.25, 0.3) is 5.95 Å². The first-order valence-electron chi connectivity index (χ1n) is 2.94. The molecule has 0 spiro atoms. The lowest BCUT2D eigenvalue weighted by molar-refractivity contribution is 1.06. The quantitative estimate of drug-likeness (QED) is 0.354. The van der Waals surface area contributed by atoms with Crippen molar-refractivity contribution in [3.63, 3.8) is 0 Å². The van der Waals surface area contributed by atoms with Crippen LogP contribution in [-0.4, -0.2) is 20.9 Å². The molecule has 1 aromatic heterocycles. The number of halogens is 2. The Morgan fingerprint density at radius 2 is 1.36 bits per heavy atom. The van der Waals surface area contributed by atoms with Gasteiger partial charge in [-0.3, -0.25) is 0 Å². The summed E-state index contributed by atoms with van der Waals surface area (Å²) in [5.74, 6) is -0.218. The average molecular weight is 241 g/mol. The molecule has 8 N–H and O–H groups in total. The van der Waals surface area contributed by atoms with E-state index in [-0.39, 0.29) is 48.6 Å². The van der Waals surface area contributed by atoms with Crippen LogP contribution in [0.15, 0.2) is 4.99 Å². The van der Waals surface area contributed by atoms with Crippen LogP contribution in [0.3, 0.4) is 0 Å². The summed E-state index contributed by atoms with van der Waals surface area (Å²) < 4.78 is 0. The van der Waals surface area contributed by atoms with Gasteiger partial charge < -0.3 is 22.9 Å². The standard InChI is InChI=1S/C4H8N8.2ClH/c5-1(6)9-4-11-2(7)10-3(8)12-4;;/h(H8,5,6,7,8,9,10,11,12);2*1H. The fraction of sp³-hybridized carbons (Fsp3) is 0. The van der Waals surface area contributed by atoms with Crippen molar-refractivity contribution in [2.45, 2.75) is 0 Å². The van der Waals surface area contributed by atoms with Crippen molar-refractivity contribution < 1.29 is 0 Å². The second-order valence-corrected chi connectivity index (χ2v) is 1.89. The molecule has 0 aromatic carbocycles. The van der Waals surface area contributed by atoms with Gasteiger partial charge in [-0.1, -0.05) is 0 Å². The Bertz CT molecular complexity index is 301. The molecule has 14 heavy (non-hydrogen) atoms. The van der Waals surface area contributed by atoms with Gasteiger partial charge in [-0.25, -0.2) is 0 Å². The third-order valence-corrected chi connectivity index (χ3v) is 0.887. The van der Waals surface area contributed by atoms with Crippen molar-refractivity contribution in [2.75, 3.05) is 11.5 Å². The van der Waals surface area contributed by atoms with Crippen molar-refractivity contribution in [1.82, 2.24) is 15.0 Å². The summed E-state index contributed by atoms with van der Waals surface area (Å²) in [6.07, 6.45) is 0. The van der Waals surface area contributed by atoms with E-state index >= 15 is 0 Å². The Hall–Kier alpha value is -1.54. The van der Waals surface area contributed by atoms with Crippen molar-refractivity contribution in [2.24, 2.45) is 16.5 Å². The largest absolute Gasteiger partial charge is 0.370 e. The van der Waals surface area contributed by atoms with E-state index in [1.165, 1.54) is 0 Å². The summed E-state index contributed by atoms with van der Waals surface area (Å²) in [6, 6.07) is 0. The number of nitrogens with zero attached hydrogens (tertiary/aromatic N) is 4. The third-order valence-electron chi connectivity index (χ3n) is 0.887. The topological polar surface area (TPSA) is 155 Å². The SMILES string of the molecule is Cl.Cl.NC(N)=Nc1nc(N)nc(N)n1. The van der Waals surface area contributed by atoms with Crippen LogP contribution in [0.4, 0.5) is 17.8 Å². The zero-order valence-electron chi connectivity index (χ0n) is 6.91. The number of hydrogen-bond donors (Lipinski definition) is 4. The van der Waals surface area contributed by atoms with E-state index in [1.807, 2.05) is 0 Å². The third kappa shape index (κ3) is 4.48. The lowest BCUT2D eigenvalue weighted by Gasteiger charge is -1.96. The minimum absolute atomic E-state index is 0. The molecule has 0 unspecified atom stereocenters. The molecule has 1 rings (SSSR count). The zero-order valence-corrected chi connectivity index (χ0v) is 8.55. The van der Waals surface area contributed by atoms with Crippen LogP contribution in [0, 0.1) is 0 Å². The highest BCUT2D eigenvalue weighted by atomic mass is 35.5. The summed E-state index contributed by atoms with van der Waals surface area (Å²) in [7, 11) is 0. The monoisotopic (exact) mass is 240 g/mol. The van der Waals surface area contributed by atoms with Gasteiger partial charge in [0.1, 0.15) is 0 Å². The molecule has 0 saturated heterocycles. The van der Waals surface area contributed by atoms with Crippen LogP contribution < -0.4 is 22.9 Å². The number of hydrogen-bond acceptors (Lipinski definition) is 6. The Morgan fingerprint density at radius 3 is 1.71 bits per heavy atom. The number of guanidine groups is 1. The van der Waals surface area contributed by atoms with E-state index in [4.69, 9.17) is 22.9 Å². The van der Waals surface area contributed by atoms with E-state index in [2.05, 4.69) is 19.9 Å². The fourth-order valence-corrected chi connectivity index (χ4v) is 0.563. The van der Waals surface area contributed by atoms with E-state index in [9.17, 15) is 0 Å². The van der Waals surface area contributed by atoms with Crippen molar-refractivity contribution >= 4 is 48.6 Å². The Labute approximate surface area is 92.0 Å². The predicted molar refractivity (Wildman–Crippen MR) is 58.6 cm³/mol. The molecule has 1 aromatic rings. The Balaban J connectivity index is 0. The summed E-state index contributed by atoms with van der Waals surface area (Å²) >= 11 is 0. The second-order valence-electron chi connectivity index (χ2n) is 1.89. The van der Waals surface area contributed by atoms with Crippen LogP contribution >= 0.6 is 24.8 Å². The van der Waals surface area contributed by atoms with E-state index in [1.54, 1.807) is 0 Å². The maximum Gasteiger partial charge on any atom is 0.259 e. The molecule has 8 nitrogen and oxygen atoms in total. The molecule has 0 radical (unpaired) electrons. The van der Waals surface area contributed by atoms with Crippen molar-refractivity contribution in [3.8, 4) is 0 Å². The van der Waals surface area contributed by atoms with E-state index in [0.717, 1.165) is 0 Å². The Morgan fingerprint density at radius 1 is 0.929 bits per heavy atom. The molecule has 0 atom stereocenters. The molecule has 0 saturated carbocycles. The second kappa shape index (κ2) is 6.00. The average Bonchev–Trinajstić information content (AvgIpc) is 1.81. The van der Waals surface area contributed by atoms with Crippen molar-refractivity contribution in [1.29, 1.82) is 0 Å². The van der Waals surface area contributed by atoms with E-state index in [0.29, 0.717) is 0 Å². The van der Waals surface area contributed by atoms with Gasteiger partial charge >= 0.3 is 0 Å². The molecular formula is C4H10Cl2N8. The molecule has 0 amide bonds. The fourth-order valence-electron chi connectivity index (χ4n) is 0.563. The molecule has 1 heterocycles. The number of aliphatic imine (C=N–C) groups is 1. The highest BCUT2D eigenvalue weighted by molar-refractivity contribution is 5.85. The van der Waals surface area contributed by atoms with Gasteiger partial charge in [0.05, 0.1) is 0 Å². The number of rotatable bonds is 1. The first-order chi connectivity index (χ1) is 5.58. The minimum Gasteiger partial charge on any atom is -0.370 e. The van der Waals surface area contributed by atoms with Crippen LogP contribution in [0.2, 0.25) is 0 Å². The molecule has 0 aliphatic heterocycles.